The summed E-state index contributed by atoms with van der Waals surface area (Å²) in [5.74, 6) is -0.339. The van der Waals surface area contributed by atoms with Gasteiger partial charge in [0.15, 0.2) is 5.65 Å². The molecule has 0 saturated carbocycles. The fourth-order valence-corrected chi connectivity index (χ4v) is 2.94. The molecule has 3 aromatic rings. The van der Waals surface area contributed by atoms with Gasteiger partial charge in [0.2, 0.25) is 5.91 Å². The van der Waals surface area contributed by atoms with E-state index >= 15 is 0 Å². The Kier molecular flexibility index (Phi) is 4.75. The number of anilines is 1. The second-order valence-electron chi connectivity index (χ2n) is 5.27. The van der Waals surface area contributed by atoms with Crippen LogP contribution in [0.2, 0.25) is 5.02 Å². The van der Waals surface area contributed by atoms with Gasteiger partial charge in [0.25, 0.3) is 0 Å². The zero-order chi connectivity index (χ0) is 18.2. The number of nitrogens with zero attached hydrogens (tertiary/aromatic N) is 2. The number of fused-ring (bicyclic) bond motifs is 1. The van der Waals surface area contributed by atoms with E-state index in [1.54, 1.807) is 18.2 Å². The van der Waals surface area contributed by atoms with E-state index < -0.39 is 11.7 Å². The van der Waals surface area contributed by atoms with Gasteiger partial charge in [0.1, 0.15) is 0 Å². The van der Waals surface area contributed by atoms with Crippen LogP contribution < -0.4 is 5.32 Å². The van der Waals surface area contributed by atoms with Crippen molar-refractivity contribution < 1.29 is 18.0 Å². The van der Waals surface area contributed by atoms with Crippen LogP contribution in [0, 0.1) is 0 Å². The molecule has 2 heterocycles. The lowest BCUT2D eigenvalue weighted by molar-refractivity contribution is -0.137. The Hall–Kier alpha value is -2.06. The summed E-state index contributed by atoms with van der Waals surface area (Å²) in [6.45, 7) is 0. The Morgan fingerprint density at radius 3 is 2.72 bits per heavy atom. The number of pyridine rings is 1. The van der Waals surface area contributed by atoms with Gasteiger partial charge in [-0.25, -0.2) is 4.98 Å². The highest BCUT2D eigenvalue weighted by Gasteiger charge is 2.31. The van der Waals surface area contributed by atoms with Crippen LogP contribution in [0.5, 0.6) is 0 Å². The van der Waals surface area contributed by atoms with E-state index in [1.807, 2.05) is 6.07 Å². The summed E-state index contributed by atoms with van der Waals surface area (Å²) in [6.07, 6.45) is -2.35. The maximum absolute atomic E-state index is 12.8. The molecule has 0 unspecified atom stereocenters. The van der Waals surface area contributed by atoms with Gasteiger partial charge in [-0.3, -0.25) is 4.79 Å². The quantitative estimate of drug-likeness (QED) is 0.636. The number of aromatic nitrogens is 2. The minimum atomic E-state index is -4.51. The summed E-state index contributed by atoms with van der Waals surface area (Å²) in [4.78, 5) is 16.2. The Morgan fingerprint density at radius 2 is 2.04 bits per heavy atom. The van der Waals surface area contributed by atoms with Crippen LogP contribution in [0.1, 0.15) is 11.3 Å². The number of hydrogen-bond acceptors (Lipinski definition) is 2. The average Bonchev–Trinajstić information content (AvgIpc) is 2.89. The van der Waals surface area contributed by atoms with E-state index in [4.69, 9.17) is 11.6 Å². The molecule has 0 bridgehead atoms. The summed E-state index contributed by atoms with van der Waals surface area (Å²) >= 11 is 9.18. The van der Waals surface area contributed by atoms with Crippen LogP contribution in [0.3, 0.4) is 0 Å². The van der Waals surface area contributed by atoms with E-state index in [-0.39, 0.29) is 23.0 Å². The standard InChI is InChI=1S/C16H10BrClF3N3O/c17-10-2-1-3-11(5-10)22-14(25)6-12-8-24-7-9(16(19,20)21)4-13(18)15(24)23-12/h1-5,7-8H,6H2,(H,22,25). The number of imidazole rings is 1. The molecule has 4 nitrogen and oxygen atoms in total. The smallest absolute Gasteiger partial charge is 0.326 e. The number of nitrogens with one attached hydrogen (secondary N) is 1. The third kappa shape index (κ3) is 4.13. The molecule has 0 aliphatic heterocycles. The number of hydrogen-bond donors (Lipinski definition) is 1. The highest BCUT2D eigenvalue weighted by molar-refractivity contribution is 9.10. The van der Waals surface area contributed by atoms with Gasteiger partial charge in [-0.05, 0) is 24.3 Å². The fourth-order valence-electron chi connectivity index (χ4n) is 2.28. The molecule has 130 valence electrons. The van der Waals surface area contributed by atoms with Crippen molar-refractivity contribution >= 4 is 44.8 Å². The molecule has 0 spiro atoms. The normalized spacial score (nSPS) is 11.7. The molecule has 25 heavy (non-hydrogen) atoms. The van der Waals surface area contributed by atoms with Crippen molar-refractivity contribution in [1.82, 2.24) is 9.38 Å². The molecule has 3 rings (SSSR count). The number of halogens is 5. The third-order valence-corrected chi connectivity index (χ3v) is 4.10. The molecule has 1 aromatic carbocycles. The average molecular weight is 433 g/mol. The molecule has 1 amide bonds. The molecule has 0 fully saturated rings. The number of alkyl halides is 3. The van der Waals surface area contributed by atoms with Gasteiger partial charge >= 0.3 is 6.18 Å². The summed E-state index contributed by atoms with van der Waals surface area (Å²) in [5.41, 5.74) is 0.196. The van der Waals surface area contributed by atoms with Gasteiger partial charge in [-0.2, -0.15) is 13.2 Å². The zero-order valence-electron chi connectivity index (χ0n) is 12.4. The molecule has 0 atom stereocenters. The van der Waals surface area contributed by atoms with E-state index in [1.165, 1.54) is 10.6 Å². The maximum Gasteiger partial charge on any atom is 0.417 e. The molecule has 9 heteroatoms. The lowest BCUT2D eigenvalue weighted by Crippen LogP contribution is -2.14. The van der Waals surface area contributed by atoms with Crippen LogP contribution in [-0.4, -0.2) is 15.3 Å². The molecule has 1 N–H and O–H groups in total. The van der Waals surface area contributed by atoms with E-state index in [0.29, 0.717) is 11.4 Å². The molecule has 0 aliphatic rings. The minimum Gasteiger partial charge on any atom is -0.326 e. The van der Waals surface area contributed by atoms with Crippen LogP contribution in [0.15, 0.2) is 47.2 Å². The first kappa shape index (κ1) is 17.8. The highest BCUT2D eigenvalue weighted by atomic mass is 79.9. The van der Waals surface area contributed by atoms with E-state index in [0.717, 1.165) is 16.7 Å². The first-order chi connectivity index (χ1) is 11.7. The molecular weight excluding hydrogens is 423 g/mol. The molecule has 0 radical (unpaired) electrons. The predicted octanol–water partition coefficient (Wildman–Crippen LogP) is 4.95. The predicted molar refractivity (Wildman–Crippen MR) is 91.7 cm³/mol. The Balaban J connectivity index is 1.82. The lowest BCUT2D eigenvalue weighted by atomic mass is 10.3. The van der Waals surface area contributed by atoms with Gasteiger partial charge in [-0.1, -0.05) is 33.6 Å². The van der Waals surface area contributed by atoms with Crippen molar-refractivity contribution in [3.05, 3.63) is 63.5 Å². The van der Waals surface area contributed by atoms with Gasteiger partial charge in [0.05, 0.1) is 22.7 Å². The number of benzene rings is 1. The molecule has 0 saturated heterocycles. The Bertz CT molecular complexity index is 955. The SMILES string of the molecule is O=C(Cc1cn2cc(C(F)(F)F)cc(Cl)c2n1)Nc1cccc(Br)c1. The van der Waals surface area contributed by atoms with Crippen molar-refractivity contribution in [2.75, 3.05) is 5.32 Å². The number of carbonyl (C=O) groups excluding carboxylic acids is 1. The summed E-state index contributed by atoms with van der Waals surface area (Å²) in [6, 6.07) is 7.85. The van der Waals surface area contributed by atoms with E-state index in [9.17, 15) is 18.0 Å². The monoisotopic (exact) mass is 431 g/mol. The third-order valence-electron chi connectivity index (χ3n) is 3.33. The van der Waals surface area contributed by atoms with Crippen molar-refractivity contribution in [2.45, 2.75) is 12.6 Å². The Labute approximate surface area is 153 Å². The lowest BCUT2D eigenvalue weighted by Gasteiger charge is -2.07. The van der Waals surface area contributed by atoms with Gasteiger partial charge < -0.3 is 9.72 Å². The van der Waals surface area contributed by atoms with Crippen molar-refractivity contribution in [1.29, 1.82) is 0 Å². The number of amides is 1. The van der Waals surface area contributed by atoms with Crippen LogP contribution in [-0.2, 0) is 17.4 Å². The van der Waals surface area contributed by atoms with Crippen molar-refractivity contribution in [2.24, 2.45) is 0 Å². The van der Waals surface area contributed by atoms with Crippen molar-refractivity contribution in [3.8, 4) is 0 Å². The largest absolute Gasteiger partial charge is 0.417 e. The Morgan fingerprint density at radius 1 is 1.28 bits per heavy atom. The number of carbonyl (C=O) groups is 1. The topological polar surface area (TPSA) is 46.4 Å². The summed E-state index contributed by atoms with van der Waals surface area (Å²) in [7, 11) is 0. The second kappa shape index (κ2) is 6.68. The summed E-state index contributed by atoms with van der Waals surface area (Å²) < 4.78 is 40.5. The first-order valence-electron chi connectivity index (χ1n) is 7.02. The van der Waals surface area contributed by atoms with Gasteiger partial charge in [0, 0.05) is 22.6 Å². The zero-order valence-corrected chi connectivity index (χ0v) is 14.8. The fraction of sp³-hybridized carbons (Fsp3) is 0.125. The molecular formula is C16H10BrClF3N3O. The summed E-state index contributed by atoms with van der Waals surface area (Å²) in [5, 5.41) is 2.56. The first-order valence-corrected chi connectivity index (χ1v) is 8.19. The van der Waals surface area contributed by atoms with Gasteiger partial charge in [-0.15, -0.1) is 0 Å². The molecule has 2 aromatic heterocycles. The van der Waals surface area contributed by atoms with Crippen LogP contribution in [0.4, 0.5) is 18.9 Å². The number of rotatable bonds is 3. The van der Waals surface area contributed by atoms with Crippen molar-refractivity contribution in [3.63, 3.8) is 0 Å². The van der Waals surface area contributed by atoms with E-state index in [2.05, 4.69) is 26.2 Å². The molecule has 0 aliphatic carbocycles. The second-order valence-corrected chi connectivity index (χ2v) is 6.60. The highest BCUT2D eigenvalue weighted by Crippen LogP contribution is 2.32. The van der Waals surface area contributed by atoms with Crippen LogP contribution in [0.25, 0.3) is 5.65 Å². The maximum atomic E-state index is 12.8. The minimum absolute atomic E-state index is 0.0914. The van der Waals surface area contributed by atoms with Crippen LogP contribution >= 0.6 is 27.5 Å².